The van der Waals surface area contributed by atoms with Crippen molar-refractivity contribution >= 4 is 12.2 Å². The number of fused-ring (bicyclic) bond motifs is 5. The monoisotopic (exact) mass is 553 g/mol. The summed E-state index contributed by atoms with van der Waals surface area (Å²) in [4.78, 5) is 16.8. The molecule has 1 aromatic carbocycles. The molecular weight excluding hydrogens is 510 g/mol. The van der Waals surface area contributed by atoms with Crippen molar-refractivity contribution in [3.05, 3.63) is 35.4 Å². The van der Waals surface area contributed by atoms with Gasteiger partial charge in [0.1, 0.15) is 18.1 Å². The number of hydrogen-bond acceptors (Lipinski definition) is 8. The number of benzene rings is 1. The van der Waals surface area contributed by atoms with Crippen LogP contribution in [-0.2, 0) is 16.1 Å². The summed E-state index contributed by atoms with van der Waals surface area (Å²) in [6.07, 6.45) is 9.09. The second-order valence-electron chi connectivity index (χ2n) is 13.2. The van der Waals surface area contributed by atoms with Gasteiger partial charge in [0.2, 0.25) is 0 Å². The summed E-state index contributed by atoms with van der Waals surface area (Å²) >= 11 is 0. The number of carbonyl (C=O) groups is 1. The summed E-state index contributed by atoms with van der Waals surface area (Å²) in [6.45, 7) is 2.94. The van der Waals surface area contributed by atoms with Gasteiger partial charge in [0.25, 0.3) is 0 Å². The summed E-state index contributed by atoms with van der Waals surface area (Å²) in [5.74, 6) is 1.29. The lowest BCUT2D eigenvalue weighted by molar-refractivity contribution is -0.237. The van der Waals surface area contributed by atoms with E-state index in [1.807, 2.05) is 24.4 Å². The maximum absolute atomic E-state index is 12.6. The lowest BCUT2D eigenvalue weighted by Crippen LogP contribution is -2.68. The van der Waals surface area contributed by atoms with Gasteiger partial charge < -0.3 is 29.5 Å². The smallest absolute Gasteiger partial charge is 0.331 e. The number of carbonyl (C=O) groups excluding carboxylic acids is 1. The molecule has 8 atom stereocenters. The van der Waals surface area contributed by atoms with E-state index >= 15 is 0 Å². The van der Waals surface area contributed by atoms with Crippen molar-refractivity contribution in [1.82, 2.24) is 0 Å². The van der Waals surface area contributed by atoms with Gasteiger partial charge in [-0.2, -0.15) is 0 Å². The zero-order valence-electron chi connectivity index (χ0n) is 23.9. The third kappa shape index (κ3) is 4.04. The number of ether oxygens (including phenoxy) is 3. The fourth-order valence-electron chi connectivity index (χ4n) is 9.63. The van der Waals surface area contributed by atoms with Crippen molar-refractivity contribution in [1.29, 1.82) is 0 Å². The molecule has 40 heavy (non-hydrogen) atoms. The Bertz CT molecular complexity index is 1210. The molecule has 0 saturated heterocycles. The number of methoxy groups -OCH3 is 2. The SMILES string of the molecule is COc1cc(CN=C[C@]23CCC(O)CC2(O)CCC2[C@@H]3CC[C@]3(C)C(C4=CC(=O)OC4)CCC23O)cc(OC)c1. The first-order chi connectivity index (χ1) is 19.1. The molecular formula is C32H43NO7. The summed E-state index contributed by atoms with van der Waals surface area (Å²) in [5, 5.41) is 35.4. The van der Waals surface area contributed by atoms with E-state index in [9.17, 15) is 20.1 Å². The minimum Gasteiger partial charge on any atom is -0.497 e. The number of aliphatic hydroxyl groups is 3. The van der Waals surface area contributed by atoms with Gasteiger partial charge in [-0.3, -0.25) is 4.99 Å². The highest BCUT2D eigenvalue weighted by molar-refractivity contribution is 5.85. The van der Waals surface area contributed by atoms with Crippen LogP contribution in [0.2, 0.25) is 0 Å². The van der Waals surface area contributed by atoms with Crippen LogP contribution in [0.5, 0.6) is 11.5 Å². The Morgan fingerprint density at radius 2 is 1.73 bits per heavy atom. The van der Waals surface area contributed by atoms with Gasteiger partial charge in [0, 0.05) is 35.6 Å². The van der Waals surface area contributed by atoms with Crippen molar-refractivity contribution in [2.45, 2.75) is 88.6 Å². The maximum Gasteiger partial charge on any atom is 0.331 e. The van der Waals surface area contributed by atoms with E-state index < -0.39 is 22.7 Å². The van der Waals surface area contributed by atoms with Gasteiger partial charge in [0.15, 0.2) is 0 Å². The van der Waals surface area contributed by atoms with Gasteiger partial charge in [-0.05, 0) is 92.4 Å². The molecule has 0 bridgehead atoms. The van der Waals surface area contributed by atoms with Crippen molar-refractivity contribution in [3.8, 4) is 11.5 Å². The highest BCUT2D eigenvalue weighted by Crippen LogP contribution is 2.70. The molecule has 8 nitrogen and oxygen atoms in total. The van der Waals surface area contributed by atoms with Crippen LogP contribution in [0.3, 0.4) is 0 Å². The van der Waals surface area contributed by atoms with E-state index in [1.54, 1.807) is 20.3 Å². The van der Waals surface area contributed by atoms with Crippen molar-refractivity contribution in [2.75, 3.05) is 20.8 Å². The molecule has 5 aliphatic rings. The number of cyclic esters (lactones) is 1. The first-order valence-electron chi connectivity index (χ1n) is 14.8. The molecule has 6 rings (SSSR count). The normalized spacial score (nSPS) is 42.5. The van der Waals surface area contributed by atoms with Gasteiger partial charge in [-0.15, -0.1) is 0 Å². The number of rotatable bonds is 6. The van der Waals surface area contributed by atoms with Crippen LogP contribution in [0.15, 0.2) is 34.8 Å². The minimum absolute atomic E-state index is 0.00811. The largest absolute Gasteiger partial charge is 0.497 e. The molecule has 1 heterocycles. The molecule has 0 spiro atoms. The highest BCUT2D eigenvalue weighted by Gasteiger charge is 2.71. The van der Waals surface area contributed by atoms with Crippen LogP contribution in [0.25, 0.3) is 0 Å². The molecule has 0 aromatic heterocycles. The molecule has 4 fully saturated rings. The van der Waals surface area contributed by atoms with E-state index in [2.05, 4.69) is 6.92 Å². The second-order valence-corrected chi connectivity index (χ2v) is 13.2. The Morgan fingerprint density at radius 3 is 2.40 bits per heavy atom. The zero-order chi connectivity index (χ0) is 28.3. The Hall–Kier alpha value is -2.42. The maximum atomic E-state index is 12.6. The lowest BCUT2D eigenvalue weighted by Gasteiger charge is -2.65. The molecule has 1 aromatic rings. The number of esters is 1. The van der Waals surface area contributed by atoms with E-state index in [0.717, 1.165) is 30.4 Å². The second kappa shape index (κ2) is 9.85. The average molecular weight is 554 g/mol. The van der Waals surface area contributed by atoms with Crippen LogP contribution < -0.4 is 9.47 Å². The molecule has 4 aliphatic carbocycles. The Kier molecular flexibility index (Phi) is 6.83. The van der Waals surface area contributed by atoms with Crippen molar-refractivity contribution in [2.24, 2.45) is 33.6 Å². The highest BCUT2D eigenvalue weighted by atomic mass is 16.5. The Labute approximate surface area is 236 Å². The molecule has 5 unspecified atom stereocenters. The summed E-state index contributed by atoms with van der Waals surface area (Å²) in [6, 6.07) is 5.71. The molecule has 1 aliphatic heterocycles. The number of aliphatic hydroxyl groups excluding tert-OH is 1. The van der Waals surface area contributed by atoms with Gasteiger partial charge in [-0.1, -0.05) is 6.92 Å². The van der Waals surface area contributed by atoms with Gasteiger partial charge in [0.05, 0.1) is 38.1 Å². The van der Waals surface area contributed by atoms with E-state index in [-0.39, 0.29) is 29.1 Å². The van der Waals surface area contributed by atoms with Gasteiger partial charge in [-0.25, -0.2) is 4.79 Å². The number of hydrogen-bond donors (Lipinski definition) is 3. The molecule has 3 N–H and O–H groups in total. The third-order valence-electron chi connectivity index (χ3n) is 11.6. The zero-order valence-corrected chi connectivity index (χ0v) is 23.9. The Balaban J connectivity index is 1.34. The van der Waals surface area contributed by atoms with Crippen LogP contribution >= 0.6 is 0 Å². The van der Waals surface area contributed by atoms with E-state index in [4.69, 9.17) is 19.2 Å². The molecule has 8 heteroatoms. The molecule has 218 valence electrons. The van der Waals surface area contributed by atoms with Gasteiger partial charge >= 0.3 is 5.97 Å². The Morgan fingerprint density at radius 1 is 1.00 bits per heavy atom. The standard InChI is InChI=1S/C32H43NO7/c1-29-8-5-26-27(32(29,37)11-7-25(29)21-14-28(35)40-18-21)6-10-31(36)16-22(34)4-9-30(26,31)19-33-17-20-12-23(38-2)15-24(13-20)39-3/h12-15,19,22,25-27,34,36-37H,4-11,16-18H2,1-3H3/t22?,25?,26-,27?,29+,30-,31?,32?/m0/s1. The summed E-state index contributed by atoms with van der Waals surface area (Å²) < 4.78 is 16.1. The van der Waals surface area contributed by atoms with Crippen LogP contribution in [0.4, 0.5) is 0 Å². The third-order valence-corrected chi connectivity index (χ3v) is 11.6. The first-order valence-corrected chi connectivity index (χ1v) is 14.8. The average Bonchev–Trinajstić information content (AvgIpc) is 3.48. The number of nitrogens with zero attached hydrogens (tertiary/aromatic N) is 1. The lowest BCUT2D eigenvalue weighted by atomic mass is 9.41. The molecule has 0 amide bonds. The first kappa shape index (κ1) is 27.7. The summed E-state index contributed by atoms with van der Waals surface area (Å²) in [5.41, 5.74) is -0.986. The fraction of sp³-hybridized carbons (Fsp3) is 0.688. The minimum atomic E-state index is -1.07. The quantitative estimate of drug-likeness (QED) is 0.360. The van der Waals surface area contributed by atoms with Crippen molar-refractivity contribution < 1.29 is 34.3 Å². The van der Waals surface area contributed by atoms with Crippen LogP contribution in [-0.4, -0.2) is 65.6 Å². The fourth-order valence-corrected chi connectivity index (χ4v) is 9.63. The van der Waals surface area contributed by atoms with Crippen molar-refractivity contribution in [3.63, 3.8) is 0 Å². The predicted octanol–water partition coefficient (Wildman–Crippen LogP) is 3.99. The topological polar surface area (TPSA) is 118 Å². The summed E-state index contributed by atoms with van der Waals surface area (Å²) in [7, 11) is 3.25. The van der Waals surface area contributed by atoms with Crippen LogP contribution in [0.1, 0.15) is 70.3 Å². The predicted molar refractivity (Wildman–Crippen MR) is 149 cm³/mol. The van der Waals surface area contributed by atoms with Crippen LogP contribution in [0, 0.1) is 28.6 Å². The van der Waals surface area contributed by atoms with E-state index in [1.165, 1.54) is 0 Å². The number of aliphatic imine (C=N–C) groups is 1. The van der Waals surface area contributed by atoms with E-state index in [0.29, 0.717) is 63.2 Å². The molecule has 4 saturated carbocycles. The molecule has 0 radical (unpaired) electrons.